The van der Waals surface area contributed by atoms with Gasteiger partial charge in [0, 0.05) is 37.6 Å². The van der Waals surface area contributed by atoms with Gasteiger partial charge in [-0.2, -0.15) is 5.10 Å². The van der Waals surface area contributed by atoms with Gasteiger partial charge >= 0.3 is 0 Å². The lowest BCUT2D eigenvalue weighted by Crippen LogP contribution is -2.42. The molecule has 1 N–H and O–H groups in total. The Morgan fingerprint density at radius 3 is 2.89 bits per heavy atom. The third kappa shape index (κ3) is 2.93. The van der Waals surface area contributed by atoms with Crippen molar-refractivity contribution >= 4 is 0 Å². The van der Waals surface area contributed by atoms with E-state index < -0.39 is 0 Å². The molecule has 1 saturated carbocycles. The fourth-order valence-electron chi connectivity index (χ4n) is 2.95. The molecule has 4 heteroatoms. The molecular weight excluding hydrogens is 224 g/mol. The molecule has 1 aliphatic carbocycles. The van der Waals surface area contributed by atoms with Crippen molar-refractivity contribution in [3.63, 3.8) is 0 Å². The van der Waals surface area contributed by atoms with Crippen molar-refractivity contribution in [2.75, 3.05) is 19.6 Å². The van der Waals surface area contributed by atoms with Crippen LogP contribution < -0.4 is 5.32 Å². The van der Waals surface area contributed by atoms with E-state index in [9.17, 15) is 0 Å². The van der Waals surface area contributed by atoms with Gasteiger partial charge in [-0.25, -0.2) is 0 Å². The van der Waals surface area contributed by atoms with Gasteiger partial charge in [0.05, 0.1) is 6.54 Å². The molecule has 0 spiro atoms. The summed E-state index contributed by atoms with van der Waals surface area (Å²) in [5.41, 5.74) is 0. The quantitative estimate of drug-likeness (QED) is 0.873. The molecule has 0 radical (unpaired) electrons. The minimum Gasteiger partial charge on any atom is -0.312 e. The van der Waals surface area contributed by atoms with Crippen LogP contribution in [0.4, 0.5) is 0 Å². The molecule has 1 aromatic rings. The Bertz CT molecular complexity index is 358. The van der Waals surface area contributed by atoms with Crippen molar-refractivity contribution in [2.24, 2.45) is 5.92 Å². The second-order valence-corrected chi connectivity index (χ2v) is 5.80. The second-order valence-electron chi connectivity index (χ2n) is 5.80. The minimum absolute atomic E-state index is 0.691. The highest BCUT2D eigenvalue weighted by atomic mass is 15.3. The standard InChI is InChI=1S/C14H24N4/c1-12-5-7-15-14(13-3-4-13)11-17(12)9-10-18-8-2-6-16-18/h2,6,8,12-15H,3-5,7,9-11H2,1H3. The first kappa shape index (κ1) is 12.2. The number of aromatic nitrogens is 2. The van der Waals surface area contributed by atoms with Crippen LogP contribution in [0.25, 0.3) is 0 Å². The van der Waals surface area contributed by atoms with Crippen molar-refractivity contribution in [3.8, 4) is 0 Å². The summed E-state index contributed by atoms with van der Waals surface area (Å²) in [6.07, 6.45) is 8.04. The Morgan fingerprint density at radius 2 is 2.17 bits per heavy atom. The SMILES string of the molecule is CC1CCNC(C2CC2)CN1CCn1cccn1. The fourth-order valence-corrected chi connectivity index (χ4v) is 2.95. The summed E-state index contributed by atoms with van der Waals surface area (Å²) < 4.78 is 2.04. The van der Waals surface area contributed by atoms with E-state index in [0.29, 0.717) is 6.04 Å². The van der Waals surface area contributed by atoms with Crippen LogP contribution in [0.1, 0.15) is 26.2 Å². The van der Waals surface area contributed by atoms with Crippen molar-refractivity contribution in [2.45, 2.75) is 44.8 Å². The van der Waals surface area contributed by atoms with E-state index in [4.69, 9.17) is 0 Å². The first-order valence-electron chi connectivity index (χ1n) is 7.28. The zero-order chi connectivity index (χ0) is 12.4. The Labute approximate surface area is 109 Å². The van der Waals surface area contributed by atoms with Crippen LogP contribution in [-0.4, -0.2) is 46.4 Å². The van der Waals surface area contributed by atoms with Gasteiger partial charge in [-0.1, -0.05) is 0 Å². The van der Waals surface area contributed by atoms with Gasteiger partial charge in [0.25, 0.3) is 0 Å². The third-order valence-corrected chi connectivity index (χ3v) is 4.39. The van der Waals surface area contributed by atoms with Gasteiger partial charge in [-0.05, 0) is 44.7 Å². The van der Waals surface area contributed by atoms with Gasteiger partial charge in [-0.15, -0.1) is 0 Å². The number of hydrogen-bond acceptors (Lipinski definition) is 3. The summed E-state index contributed by atoms with van der Waals surface area (Å²) in [6, 6.07) is 3.42. The average Bonchev–Trinajstić information content (AvgIpc) is 3.11. The molecule has 4 nitrogen and oxygen atoms in total. The molecule has 0 aromatic carbocycles. The Kier molecular flexibility index (Phi) is 3.66. The molecule has 1 saturated heterocycles. The number of nitrogens with one attached hydrogen (secondary N) is 1. The van der Waals surface area contributed by atoms with Crippen LogP contribution in [-0.2, 0) is 6.54 Å². The highest BCUT2D eigenvalue weighted by Gasteiger charge is 2.34. The predicted molar refractivity (Wildman–Crippen MR) is 72.4 cm³/mol. The minimum atomic E-state index is 0.691. The predicted octanol–water partition coefficient (Wildman–Crippen LogP) is 1.35. The Morgan fingerprint density at radius 1 is 1.28 bits per heavy atom. The van der Waals surface area contributed by atoms with Crippen molar-refractivity contribution in [3.05, 3.63) is 18.5 Å². The lowest BCUT2D eigenvalue weighted by Gasteiger charge is -2.29. The molecule has 2 fully saturated rings. The van der Waals surface area contributed by atoms with E-state index in [1.165, 1.54) is 32.4 Å². The zero-order valence-corrected chi connectivity index (χ0v) is 11.3. The van der Waals surface area contributed by atoms with Gasteiger partial charge < -0.3 is 5.32 Å². The summed E-state index contributed by atoms with van der Waals surface area (Å²) in [7, 11) is 0. The highest BCUT2D eigenvalue weighted by molar-refractivity contribution is 4.91. The van der Waals surface area contributed by atoms with Gasteiger partial charge in [0.2, 0.25) is 0 Å². The summed E-state index contributed by atoms with van der Waals surface area (Å²) in [5, 5.41) is 8.02. The van der Waals surface area contributed by atoms with Crippen LogP contribution in [0, 0.1) is 5.92 Å². The van der Waals surface area contributed by atoms with E-state index in [1.807, 2.05) is 16.9 Å². The molecule has 18 heavy (non-hydrogen) atoms. The van der Waals surface area contributed by atoms with Crippen LogP contribution in [0.5, 0.6) is 0 Å². The zero-order valence-electron chi connectivity index (χ0n) is 11.3. The number of nitrogens with zero attached hydrogens (tertiary/aromatic N) is 3. The van der Waals surface area contributed by atoms with Gasteiger partial charge in [0.15, 0.2) is 0 Å². The maximum absolute atomic E-state index is 4.29. The van der Waals surface area contributed by atoms with Crippen LogP contribution in [0.2, 0.25) is 0 Å². The van der Waals surface area contributed by atoms with Gasteiger partial charge in [-0.3, -0.25) is 9.58 Å². The largest absolute Gasteiger partial charge is 0.312 e. The molecule has 100 valence electrons. The molecule has 0 bridgehead atoms. The lowest BCUT2D eigenvalue weighted by atomic mass is 10.1. The molecule has 1 aliphatic heterocycles. The van der Waals surface area contributed by atoms with Crippen LogP contribution in [0.3, 0.4) is 0 Å². The third-order valence-electron chi connectivity index (χ3n) is 4.39. The van der Waals surface area contributed by atoms with Gasteiger partial charge in [0.1, 0.15) is 0 Å². The normalized spacial score (nSPS) is 30.3. The first-order chi connectivity index (χ1) is 8.83. The molecular formula is C14H24N4. The second kappa shape index (κ2) is 5.41. The Hall–Kier alpha value is -0.870. The topological polar surface area (TPSA) is 33.1 Å². The highest BCUT2D eigenvalue weighted by Crippen LogP contribution is 2.33. The molecule has 3 rings (SSSR count). The molecule has 2 unspecified atom stereocenters. The molecule has 2 heterocycles. The smallest absolute Gasteiger partial charge is 0.0536 e. The summed E-state index contributed by atoms with van der Waals surface area (Å²) in [4.78, 5) is 2.64. The Balaban J connectivity index is 1.56. The number of hydrogen-bond donors (Lipinski definition) is 1. The van der Waals surface area contributed by atoms with Crippen molar-refractivity contribution in [1.29, 1.82) is 0 Å². The average molecular weight is 248 g/mol. The summed E-state index contributed by atoms with van der Waals surface area (Å²) >= 11 is 0. The van der Waals surface area contributed by atoms with Crippen LogP contribution in [0.15, 0.2) is 18.5 Å². The molecule has 2 aliphatic rings. The lowest BCUT2D eigenvalue weighted by molar-refractivity contribution is 0.189. The van der Waals surface area contributed by atoms with E-state index in [1.54, 1.807) is 0 Å². The monoisotopic (exact) mass is 248 g/mol. The van der Waals surface area contributed by atoms with E-state index in [2.05, 4.69) is 28.4 Å². The van der Waals surface area contributed by atoms with E-state index in [-0.39, 0.29) is 0 Å². The van der Waals surface area contributed by atoms with Crippen molar-refractivity contribution < 1.29 is 0 Å². The summed E-state index contributed by atoms with van der Waals surface area (Å²) in [6.45, 7) is 6.89. The maximum atomic E-state index is 4.29. The fraction of sp³-hybridized carbons (Fsp3) is 0.786. The first-order valence-corrected chi connectivity index (χ1v) is 7.28. The molecule has 2 atom stereocenters. The summed E-state index contributed by atoms with van der Waals surface area (Å²) in [5.74, 6) is 0.947. The molecule has 1 aromatic heterocycles. The van der Waals surface area contributed by atoms with E-state index >= 15 is 0 Å². The van der Waals surface area contributed by atoms with Crippen LogP contribution >= 0.6 is 0 Å². The van der Waals surface area contributed by atoms with Crippen molar-refractivity contribution in [1.82, 2.24) is 20.0 Å². The maximum Gasteiger partial charge on any atom is 0.0536 e. The van der Waals surface area contributed by atoms with E-state index in [0.717, 1.165) is 25.0 Å². The molecule has 0 amide bonds. The number of rotatable bonds is 4.